The number of nitrogens with zero attached hydrogens (tertiary/aromatic N) is 2. The van der Waals surface area contributed by atoms with E-state index in [4.69, 9.17) is 33.8 Å². The van der Waals surface area contributed by atoms with Crippen LogP contribution in [0.1, 0.15) is 43.2 Å². The number of nitrogens with two attached hydrogens (primary N) is 5. The van der Waals surface area contributed by atoms with Gasteiger partial charge in [0.2, 0.25) is 59.1 Å². The van der Waals surface area contributed by atoms with Crippen molar-refractivity contribution in [3.63, 3.8) is 0 Å². The second-order valence-electron chi connectivity index (χ2n) is 17.2. The molecule has 4 rings (SSSR count). The minimum Gasteiger partial charge on any atom is -0.508 e. The summed E-state index contributed by atoms with van der Waals surface area (Å²) in [6, 6.07) is 2.31. The number of rotatable bonds is 19. The number of primary amides is 2. The fourth-order valence-corrected chi connectivity index (χ4v) is 9.73. The predicted octanol–water partition coefficient (Wildman–Crippen LogP) is -5.03. The first-order chi connectivity index (χ1) is 35.6. The number of phenolic OH excluding ortho intramolecular Hbond substituents is 1. The van der Waals surface area contributed by atoms with Crippen molar-refractivity contribution < 1.29 is 63.0 Å². The van der Waals surface area contributed by atoms with E-state index >= 15 is 0 Å². The van der Waals surface area contributed by atoms with Crippen LogP contribution in [0.2, 0.25) is 0 Å². The maximum atomic E-state index is 14.5. The standard InChI is InChI=1S/C46H62N14O13S2/c47-27-22-74-75-23-33(45(73)60-17-5-9-34(60)44(72)55-28(8-4-16-52-46(50)51)39(67)53-21-37(64)65)59-43(71)32(20-36(49)63)58-40(68)29(14-15-35(48)62)54-41(69)31(18-24-6-2-1-3-7-24)57-42(70)30(56-38(27)66)19-25-10-12-26(61)13-11-25/h1-3,5-7,9-13,27-34,61H,4,8,14-23,47H2,(H2,48,62)(H2,49,63)(H,53,67)(H,54,69)(H,55,72)(H,56,66)(H,57,70)(H,58,68)(H,59,71)(H,64,65)(H4,50,51,52)/t27-,28+,29-,30-,31+,32+,33+,34-/m1/s1. The molecule has 19 N–H and O–H groups in total. The number of hydrogen-bond donors (Lipinski definition) is 14. The summed E-state index contributed by atoms with van der Waals surface area (Å²) in [5.74, 6) is -11.5. The molecule has 0 spiro atoms. The molecular formula is C46H62N14O13S2. The summed E-state index contributed by atoms with van der Waals surface area (Å²) in [6.45, 7) is -0.915. The number of carbonyl (C=O) groups excluding carboxylic acids is 10. The molecule has 1 fully saturated rings. The minimum absolute atomic E-state index is 0.0509. The maximum Gasteiger partial charge on any atom is 0.322 e. The van der Waals surface area contributed by atoms with Gasteiger partial charge in [0.05, 0.1) is 12.5 Å². The van der Waals surface area contributed by atoms with Gasteiger partial charge in [0, 0.05) is 43.9 Å². The van der Waals surface area contributed by atoms with Crippen LogP contribution >= 0.6 is 21.6 Å². The zero-order valence-electron chi connectivity index (χ0n) is 40.4. The first-order valence-electron chi connectivity index (χ1n) is 23.3. The van der Waals surface area contributed by atoms with Gasteiger partial charge < -0.3 is 81.0 Å². The van der Waals surface area contributed by atoms with E-state index < -0.39 is 139 Å². The maximum absolute atomic E-state index is 14.5. The molecule has 0 saturated carbocycles. The smallest absolute Gasteiger partial charge is 0.322 e. The SMILES string of the molecule is NC(=O)CC[C@H]1NC(=O)[C@H](Cc2ccccc2)NC(=O)[C@@H](Cc2ccc(O)cc2)NC(=O)[C@H](N)CSSC[C@@H](C(=O)N2CC=C[C@@H]2C(=O)N[C@@H](CCCN=C(N)N)C(=O)NCC(=O)O)NC(=O)[C@H](CC(N)=O)NC1=O. The highest BCUT2D eigenvalue weighted by molar-refractivity contribution is 8.76. The van der Waals surface area contributed by atoms with Gasteiger partial charge in [-0.25, -0.2) is 0 Å². The third kappa shape index (κ3) is 20.1. The van der Waals surface area contributed by atoms with Crippen molar-refractivity contribution in [1.82, 2.24) is 42.1 Å². The number of guanidine groups is 1. The average molecular weight is 1080 g/mol. The molecular weight excluding hydrogens is 1020 g/mol. The third-order valence-corrected chi connectivity index (χ3v) is 13.7. The Labute approximate surface area is 437 Å². The molecule has 27 nitrogen and oxygen atoms in total. The fourth-order valence-electron chi connectivity index (χ4n) is 7.45. The van der Waals surface area contributed by atoms with Crippen LogP contribution in [0, 0.1) is 0 Å². The monoisotopic (exact) mass is 1080 g/mol. The first kappa shape index (κ1) is 59.6. The van der Waals surface area contributed by atoms with Crippen LogP contribution in [0.5, 0.6) is 5.75 Å². The van der Waals surface area contributed by atoms with Crippen LogP contribution in [-0.4, -0.2) is 166 Å². The van der Waals surface area contributed by atoms with Gasteiger partial charge in [0.25, 0.3) is 0 Å². The number of hydrogen-bond acceptors (Lipinski definition) is 16. The summed E-state index contributed by atoms with van der Waals surface area (Å²) in [6.07, 6.45) is 0.835. The lowest BCUT2D eigenvalue weighted by Crippen LogP contribution is -2.61. The van der Waals surface area contributed by atoms with E-state index in [2.05, 4.69) is 42.2 Å². The second kappa shape index (κ2) is 29.7. The first-order valence-corrected chi connectivity index (χ1v) is 25.8. The molecule has 2 aromatic carbocycles. The Balaban J connectivity index is 1.71. The van der Waals surface area contributed by atoms with E-state index in [0.717, 1.165) is 26.5 Å². The molecule has 0 bridgehead atoms. The number of nitrogens with one attached hydrogen (secondary N) is 7. The molecule has 2 aliphatic heterocycles. The minimum atomic E-state index is -1.82. The summed E-state index contributed by atoms with van der Waals surface area (Å²) in [5, 5.41) is 36.4. The lowest BCUT2D eigenvalue weighted by atomic mass is 10.0. The molecule has 10 amide bonds. The molecule has 0 aliphatic carbocycles. The number of phenols is 1. The Morgan fingerprint density at radius 3 is 1.92 bits per heavy atom. The Hall–Kier alpha value is -7.92. The summed E-state index contributed by atoms with van der Waals surface area (Å²) in [5.41, 5.74) is 29.1. The Bertz CT molecular complexity index is 2460. The second-order valence-corrected chi connectivity index (χ2v) is 19.8. The van der Waals surface area contributed by atoms with Crippen LogP contribution in [0.15, 0.2) is 71.7 Å². The topological polar surface area (TPSA) is 458 Å². The van der Waals surface area contributed by atoms with Gasteiger partial charge in [-0.3, -0.25) is 57.7 Å². The molecule has 2 aromatic rings. The number of carboxylic acids is 1. The summed E-state index contributed by atoms with van der Waals surface area (Å²) >= 11 is 0. The number of aliphatic carboxylic acids is 1. The van der Waals surface area contributed by atoms with Crippen LogP contribution in [0.3, 0.4) is 0 Å². The number of aliphatic imine (C=N–C) groups is 1. The van der Waals surface area contributed by atoms with Gasteiger partial charge in [-0.15, -0.1) is 0 Å². The zero-order valence-corrected chi connectivity index (χ0v) is 42.1. The summed E-state index contributed by atoms with van der Waals surface area (Å²) < 4.78 is 0. The van der Waals surface area contributed by atoms with Gasteiger partial charge in [-0.1, -0.05) is 76.2 Å². The molecule has 2 aliphatic rings. The molecule has 2 heterocycles. The molecule has 0 unspecified atom stereocenters. The normalized spacial score (nSPS) is 22.4. The number of benzene rings is 2. The van der Waals surface area contributed by atoms with Crippen LogP contribution in [-0.2, 0) is 65.6 Å². The van der Waals surface area contributed by atoms with E-state index in [0.29, 0.717) is 11.1 Å². The highest BCUT2D eigenvalue weighted by atomic mass is 33.1. The van der Waals surface area contributed by atoms with E-state index in [1.807, 2.05) is 0 Å². The molecule has 0 aromatic heterocycles. The lowest BCUT2D eigenvalue weighted by Gasteiger charge is -2.31. The number of amides is 10. The molecule has 0 radical (unpaired) electrons. The molecule has 1 saturated heterocycles. The lowest BCUT2D eigenvalue weighted by molar-refractivity contribution is -0.142. The van der Waals surface area contributed by atoms with E-state index in [-0.39, 0.29) is 62.0 Å². The Morgan fingerprint density at radius 1 is 0.733 bits per heavy atom. The highest BCUT2D eigenvalue weighted by Gasteiger charge is 2.39. The van der Waals surface area contributed by atoms with Gasteiger partial charge >= 0.3 is 5.97 Å². The van der Waals surface area contributed by atoms with E-state index in [9.17, 15) is 57.8 Å². The van der Waals surface area contributed by atoms with Crippen molar-refractivity contribution in [2.45, 2.75) is 93.3 Å². The average Bonchev–Trinajstić information content (AvgIpc) is 3.86. The van der Waals surface area contributed by atoms with Crippen LogP contribution in [0.25, 0.3) is 0 Å². The number of carbonyl (C=O) groups is 11. The molecule has 406 valence electrons. The van der Waals surface area contributed by atoms with Gasteiger partial charge in [-0.2, -0.15) is 0 Å². The van der Waals surface area contributed by atoms with Crippen LogP contribution < -0.4 is 65.9 Å². The highest BCUT2D eigenvalue weighted by Crippen LogP contribution is 2.25. The number of aromatic hydroxyl groups is 1. The van der Waals surface area contributed by atoms with Crippen molar-refractivity contribution in [3.8, 4) is 5.75 Å². The van der Waals surface area contributed by atoms with Crippen molar-refractivity contribution in [1.29, 1.82) is 0 Å². The zero-order chi connectivity index (χ0) is 55.2. The quantitative estimate of drug-likeness (QED) is 0.0206. The Kier molecular flexibility index (Phi) is 23.6. The molecule has 29 heteroatoms. The van der Waals surface area contributed by atoms with Gasteiger partial charge in [0.15, 0.2) is 5.96 Å². The van der Waals surface area contributed by atoms with Crippen molar-refractivity contribution in [2.24, 2.45) is 33.7 Å². The largest absolute Gasteiger partial charge is 0.508 e. The van der Waals surface area contributed by atoms with Crippen molar-refractivity contribution in [2.75, 3.05) is 31.1 Å². The van der Waals surface area contributed by atoms with Gasteiger partial charge in [0.1, 0.15) is 54.6 Å². The van der Waals surface area contributed by atoms with Crippen molar-refractivity contribution in [3.05, 3.63) is 77.9 Å². The van der Waals surface area contributed by atoms with E-state index in [1.54, 1.807) is 30.3 Å². The molecule has 75 heavy (non-hydrogen) atoms. The number of carboxylic acid groups (broad SMARTS) is 1. The van der Waals surface area contributed by atoms with Gasteiger partial charge in [-0.05, 0) is 42.5 Å². The third-order valence-electron chi connectivity index (χ3n) is 11.3. The fraction of sp³-hybridized carbons (Fsp3) is 0.435. The predicted molar refractivity (Wildman–Crippen MR) is 274 cm³/mol. The molecule has 8 atom stereocenters. The summed E-state index contributed by atoms with van der Waals surface area (Å²) in [7, 11) is 1.94. The van der Waals surface area contributed by atoms with E-state index in [1.165, 1.54) is 36.4 Å². The summed E-state index contributed by atoms with van der Waals surface area (Å²) in [4.78, 5) is 153. The van der Waals surface area contributed by atoms with Crippen molar-refractivity contribution >= 4 is 92.6 Å². The van der Waals surface area contributed by atoms with Crippen LogP contribution in [0.4, 0.5) is 0 Å². The Morgan fingerprint density at radius 2 is 1.31 bits per heavy atom.